The molecule has 3 fully saturated rings. The monoisotopic (exact) mass is 750 g/mol. The van der Waals surface area contributed by atoms with Crippen molar-refractivity contribution in [2.24, 2.45) is 5.92 Å². The predicted octanol–water partition coefficient (Wildman–Crippen LogP) is 4.15. The SMILES string of the molecule is C=CCCCCC[C@H](NC(=O)O)C(=O)N1C[C@H](Oc2nc3ccccc3nc2-c2cccs2)C[C@H]1C(=O)N[C@]1(C(=O)NS(=O)(=O)C2CC2)C[C@H]1C=C. The highest BCUT2D eigenvalue weighted by Crippen LogP contribution is 2.45. The number of carbonyl (C=O) groups is 4. The van der Waals surface area contributed by atoms with Gasteiger partial charge in [0.2, 0.25) is 27.7 Å². The third-order valence-corrected chi connectivity index (χ3v) is 12.4. The van der Waals surface area contributed by atoms with Gasteiger partial charge in [-0.25, -0.2) is 23.2 Å². The normalized spacial score (nSPS) is 23.0. The van der Waals surface area contributed by atoms with Gasteiger partial charge in [-0.2, -0.15) is 0 Å². The number of ether oxygens (including phenoxy) is 1. The fourth-order valence-corrected chi connectivity index (χ4v) is 8.68. The first-order valence-electron chi connectivity index (χ1n) is 17.3. The molecule has 4 amide bonds. The Bertz CT molecular complexity index is 1970. The van der Waals surface area contributed by atoms with Crippen LogP contribution in [-0.2, 0) is 24.4 Å². The Morgan fingerprint density at radius 3 is 2.46 bits per heavy atom. The molecule has 16 heteroatoms. The number of likely N-dealkylation sites (tertiary alicyclic amines) is 1. The van der Waals surface area contributed by atoms with Gasteiger partial charge >= 0.3 is 6.09 Å². The first-order valence-corrected chi connectivity index (χ1v) is 19.8. The van der Waals surface area contributed by atoms with E-state index in [1.807, 2.05) is 35.7 Å². The van der Waals surface area contributed by atoms with Crippen LogP contribution in [0.3, 0.4) is 0 Å². The summed E-state index contributed by atoms with van der Waals surface area (Å²) in [6.07, 6.45) is 5.20. The van der Waals surface area contributed by atoms with Crippen molar-refractivity contribution in [1.29, 1.82) is 0 Å². The average Bonchev–Trinajstić information content (AvgIpc) is 3.99. The van der Waals surface area contributed by atoms with E-state index >= 15 is 0 Å². The second kappa shape index (κ2) is 15.4. The van der Waals surface area contributed by atoms with Gasteiger partial charge < -0.3 is 25.4 Å². The highest BCUT2D eigenvalue weighted by Gasteiger charge is 2.62. The van der Waals surface area contributed by atoms with E-state index in [0.717, 1.165) is 24.1 Å². The lowest BCUT2D eigenvalue weighted by molar-refractivity contribution is -0.141. The molecule has 0 bridgehead atoms. The molecule has 4 N–H and O–H groups in total. The first kappa shape index (κ1) is 36.9. The van der Waals surface area contributed by atoms with Crippen LogP contribution < -0.4 is 20.1 Å². The molecule has 2 saturated carbocycles. The summed E-state index contributed by atoms with van der Waals surface area (Å²) in [5, 5.41) is 16.0. The molecule has 2 aliphatic carbocycles. The molecule has 52 heavy (non-hydrogen) atoms. The number of carboxylic acid groups (broad SMARTS) is 1. The quantitative estimate of drug-likeness (QED) is 0.115. The molecule has 5 atom stereocenters. The number of nitrogens with one attached hydrogen (secondary N) is 3. The molecule has 3 aliphatic rings. The molecule has 3 aromatic rings. The number of hydrogen-bond acceptors (Lipinski definition) is 10. The van der Waals surface area contributed by atoms with Crippen molar-refractivity contribution in [2.45, 2.75) is 86.8 Å². The summed E-state index contributed by atoms with van der Waals surface area (Å²) >= 11 is 1.45. The molecule has 0 radical (unpaired) electrons. The molecule has 1 saturated heterocycles. The van der Waals surface area contributed by atoms with Gasteiger partial charge in [0.1, 0.15) is 29.4 Å². The van der Waals surface area contributed by atoms with E-state index in [1.165, 1.54) is 22.3 Å². The van der Waals surface area contributed by atoms with Crippen molar-refractivity contribution in [3.05, 3.63) is 67.1 Å². The lowest BCUT2D eigenvalue weighted by Gasteiger charge is -2.29. The highest BCUT2D eigenvalue weighted by atomic mass is 32.2. The van der Waals surface area contributed by atoms with Crippen LogP contribution in [-0.4, -0.2) is 87.7 Å². The van der Waals surface area contributed by atoms with E-state index < -0.39 is 68.7 Å². The summed E-state index contributed by atoms with van der Waals surface area (Å²) in [6, 6.07) is 8.73. The fourth-order valence-electron chi connectivity index (χ4n) is 6.61. The van der Waals surface area contributed by atoms with Crippen molar-refractivity contribution in [3.8, 4) is 16.5 Å². The third kappa shape index (κ3) is 8.12. The van der Waals surface area contributed by atoms with Crippen LogP contribution in [0.15, 0.2) is 67.1 Å². The van der Waals surface area contributed by atoms with Crippen LogP contribution >= 0.6 is 11.3 Å². The second-order valence-corrected chi connectivity index (χ2v) is 16.3. The van der Waals surface area contributed by atoms with E-state index in [9.17, 15) is 32.7 Å². The van der Waals surface area contributed by atoms with Gasteiger partial charge in [0.25, 0.3) is 5.91 Å². The molecule has 276 valence electrons. The third-order valence-electron chi connectivity index (χ3n) is 9.67. The molecule has 0 unspecified atom stereocenters. The van der Waals surface area contributed by atoms with Crippen molar-refractivity contribution >= 4 is 56.2 Å². The van der Waals surface area contributed by atoms with Crippen LogP contribution in [0.25, 0.3) is 21.6 Å². The number of aromatic nitrogens is 2. The maximum absolute atomic E-state index is 14.2. The van der Waals surface area contributed by atoms with Crippen LogP contribution in [0.4, 0.5) is 4.79 Å². The maximum Gasteiger partial charge on any atom is 0.405 e. The smallest absolute Gasteiger partial charge is 0.405 e. The van der Waals surface area contributed by atoms with Gasteiger partial charge in [0, 0.05) is 12.3 Å². The number of fused-ring (bicyclic) bond motifs is 1. The van der Waals surface area contributed by atoms with Gasteiger partial charge in [-0.3, -0.25) is 19.1 Å². The number of unbranched alkanes of at least 4 members (excludes halogenated alkanes) is 3. The van der Waals surface area contributed by atoms with Crippen molar-refractivity contribution < 1.29 is 37.4 Å². The molecule has 1 aliphatic heterocycles. The second-order valence-electron chi connectivity index (χ2n) is 13.4. The Labute approximate surface area is 305 Å². The number of para-hydroxylation sites is 2. The van der Waals surface area contributed by atoms with Crippen LogP contribution in [0.5, 0.6) is 5.88 Å². The summed E-state index contributed by atoms with van der Waals surface area (Å²) in [5.41, 5.74) is 0.152. The molecule has 3 heterocycles. The number of allylic oxidation sites excluding steroid dienone is 1. The molecule has 1 aromatic carbocycles. The standard InChI is InChI=1S/C36H42N6O8S2/c1-3-5-6-7-8-14-27(39-35(46)47)33(44)42-21-23(50-32-30(29-15-11-18-51-29)37-25-12-9-10-13-26(25)38-32)19-28(42)31(43)40-36(20-22(36)4-2)34(45)41-52(48,49)24-16-17-24/h3-4,9-13,15,18,22-24,27-28,39H,1-2,5-8,14,16-17,19-21H2,(H,40,43)(H,41,45)(H,46,47)/t22-,23-,27+,28+,36-/m1/s1. The Morgan fingerprint density at radius 2 is 1.83 bits per heavy atom. The molecule has 0 spiro atoms. The Balaban J connectivity index is 1.28. The summed E-state index contributed by atoms with van der Waals surface area (Å²) in [5.74, 6) is -2.52. The molecule has 6 rings (SSSR count). The fraction of sp³-hybridized carbons (Fsp3) is 0.444. The first-order chi connectivity index (χ1) is 25.0. The van der Waals surface area contributed by atoms with Gasteiger partial charge in [0.15, 0.2) is 0 Å². The van der Waals surface area contributed by atoms with E-state index in [-0.39, 0.29) is 31.7 Å². The minimum absolute atomic E-state index is 0.0219. The number of sulfonamides is 1. The summed E-state index contributed by atoms with van der Waals surface area (Å²) in [6.45, 7) is 7.38. The van der Waals surface area contributed by atoms with E-state index in [1.54, 1.807) is 12.1 Å². The zero-order valence-corrected chi connectivity index (χ0v) is 30.2. The lowest BCUT2D eigenvalue weighted by atomic mass is 10.0. The predicted molar refractivity (Wildman–Crippen MR) is 195 cm³/mol. The average molecular weight is 751 g/mol. The lowest BCUT2D eigenvalue weighted by Crippen LogP contribution is -2.58. The van der Waals surface area contributed by atoms with Crippen molar-refractivity contribution in [3.63, 3.8) is 0 Å². The Morgan fingerprint density at radius 1 is 1.08 bits per heavy atom. The number of amides is 4. The van der Waals surface area contributed by atoms with Crippen LogP contribution in [0.1, 0.15) is 57.8 Å². The minimum Gasteiger partial charge on any atom is -0.471 e. The number of nitrogens with zero attached hydrogens (tertiary/aromatic N) is 3. The Hall–Kier alpha value is -4.83. The molecular formula is C36H42N6O8S2. The minimum atomic E-state index is -3.91. The number of thiophene rings is 1. The maximum atomic E-state index is 14.2. The topological polar surface area (TPSA) is 197 Å². The molecule has 2 aromatic heterocycles. The summed E-state index contributed by atoms with van der Waals surface area (Å²) in [7, 11) is -3.91. The van der Waals surface area contributed by atoms with Crippen LogP contribution in [0.2, 0.25) is 0 Å². The number of benzene rings is 1. The molecular weight excluding hydrogens is 709 g/mol. The van der Waals surface area contributed by atoms with Crippen molar-refractivity contribution in [2.75, 3.05) is 6.54 Å². The van der Waals surface area contributed by atoms with Gasteiger partial charge in [-0.05, 0) is 62.1 Å². The van der Waals surface area contributed by atoms with E-state index in [4.69, 9.17) is 14.7 Å². The van der Waals surface area contributed by atoms with E-state index in [0.29, 0.717) is 36.0 Å². The largest absolute Gasteiger partial charge is 0.471 e. The van der Waals surface area contributed by atoms with Crippen LogP contribution in [0, 0.1) is 5.92 Å². The zero-order valence-electron chi connectivity index (χ0n) is 28.5. The van der Waals surface area contributed by atoms with Gasteiger partial charge in [-0.1, -0.05) is 43.2 Å². The highest BCUT2D eigenvalue weighted by molar-refractivity contribution is 7.91. The zero-order chi connectivity index (χ0) is 37.0. The number of hydrogen-bond donors (Lipinski definition) is 4. The van der Waals surface area contributed by atoms with Gasteiger partial charge in [-0.15, -0.1) is 24.5 Å². The van der Waals surface area contributed by atoms with Crippen molar-refractivity contribution in [1.82, 2.24) is 30.2 Å². The van der Waals surface area contributed by atoms with E-state index in [2.05, 4.69) is 28.5 Å². The Kier molecular flexibility index (Phi) is 11.0. The number of carbonyl (C=O) groups excluding carboxylic acids is 3. The summed E-state index contributed by atoms with van der Waals surface area (Å²) in [4.78, 5) is 65.3. The number of rotatable bonds is 17. The molecule has 14 nitrogen and oxygen atoms in total. The summed E-state index contributed by atoms with van der Waals surface area (Å²) < 4.78 is 33.9. The van der Waals surface area contributed by atoms with Gasteiger partial charge in [0.05, 0.1) is 27.7 Å².